The Bertz CT molecular complexity index is 1330. The van der Waals surface area contributed by atoms with Gasteiger partial charge in [0.05, 0.1) is 22.7 Å². The van der Waals surface area contributed by atoms with Gasteiger partial charge in [-0.05, 0) is 49.9 Å². The van der Waals surface area contributed by atoms with Crippen LogP contribution in [0.2, 0.25) is 0 Å². The van der Waals surface area contributed by atoms with Crippen LogP contribution < -0.4 is 5.32 Å². The van der Waals surface area contributed by atoms with Crippen LogP contribution in [0.1, 0.15) is 38.8 Å². The zero-order valence-electron chi connectivity index (χ0n) is 20.8. The minimum absolute atomic E-state index is 0.121. The summed E-state index contributed by atoms with van der Waals surface area (Å²) in [5, 5.41) is 3.25. The van der Waals surface area contributed by atoms with Crippen LogP contribution in [-0.4, -0.2) is 55.6 Å². The van der Waals surface area contributed by atoms with Gasteiger partial charge in [-0.3, -0.25) is 0 Å². The fourth-order valence-electron chi connectivity index (χ4n) is 6.36. The summed E-state index contributed by atoms with van der Waals surface area (Å²) in [5.41, 5.74) is 0.878. The van der Waals surface area contributed by atoms with E-state index in [1.807, 2.05) is 20.8 Å². The summed E-state index contributed by atoms with van der Waals surface area (Å²) in [6, 6.07) is 7.76. The van der Waals surface area contributed by atoms with Gasteiger partial charge in [0.2, 0.25) is 10.0 Å². The molecule has 3 saturated heterocycles. The maximum atomic E-state index is 14.9. The van der Waals surface area contributed by atoms with Crippen LogP contribution in [0, 0.1) is 24.5 Å². The number of piperidine rings is 1. The van der Waals surface area contributed by atoms with Crippen molar-refractivity contribution >= 4 is 15.7 Å². The normalized spacial score (nSPS) is 34.3. The molecule has 0 saturated carbocycles. The summed E-state index contributed by atoms with van der Waals surface area (Å²) in [5.74, 6) is -2.64. The minimum Gasteiger partial charge on any atom is -0.377 e. The number of nitrogens with one attached hydrogen (secondary N) is 1. The van der Waals surface area contributed by atoms with Gasteiger partial charge in [-0.15, -0.1) is 0 Å². The van der Waals surface area contributed by atoms with Gasteiger partial charge in [0, 0.05) is 18.5 Å². The first-order chi connectivity index (χ1) is 16.8. The number of fused-ring (bicyclic) bond motifs is 6. The van der Waals surface area contributed by atoms with Crippen molar-refractivity contribution in [2.75, 3.05) is 11.9 Å². The molecule has 2 aromatic rings. The maximum absolute atomic E-state index is 14.9. The molecule has 3 fully saturated rings. The van der Waals surface area contributed by atoms with Crippen molar-refractivity contribution in [3.05, 3.63) is 59.2 Å². The van der Waals surface area contributed by atoms with Crippen LogP contribution in [0.25, 0.3) is 0 Å². The summed E-state index contributed by atoms with van der Waals surface area (Å²) < 4.78 is 77.2. The third kappa shape index (κ3) is 3.45. The van der Waals surface area contributed by atoms with E-state index in [9.17, 15) is 17.2 Å². The zero-order valence-corrected chi connectivity index (χ0v) is 21.6. The van der Waals surface area contributed by atoms with Gasteiger partial charge < -0.3 is 19.5 Å². The first-order valence-electron chi connectivity index (χ1n) is 12.2. The van der Waals surface area contributed by atoms with Gasteiger partial charge >= 0.3 is 0 Å². The number of nitrogens with zero attached hydrogens (tertiary/aromatic N) is 1. The van der Waals surface area contributed by atoms with E-state index in [1.54, 1.807) is 38.1 Å². The molecule has 10 heteroatoms. The Kier molecular flexibility index (Phi) is 5.19. The second-order valence-electron chi connectivity index (χ2n) is 11.3. The maximum Gasteiger partial charge on any atom is 0.243 e. The number of rotatable bonds is 2. The summed E-state index contributed by atoms with van der Waals surface area (Å²) in [6.45, 7) is 9.33. The first kappa shape index (κ1) is 24.2. The van der Waals surface area contributed by atoms with Crippen molar-refractivity contribution in [3.8, 4) is 0 Å². The number of ether oxygens (including phenoxy) is 3. The van der Waals surface area contributed by atoms with E-state index < -0.39 is 63.4 Å². The van der Waals surface area contributed by atoms with Gasteiger partial charge in [-0.1, -0.05) is 31.5 Å². The fraction of sp³-hybridized carbons (Fsp3) is 0.538. The molecule has 0 amide bonds. The highest BCUT2D eigenvalue weighted by atomic mass is 32.2. The van der Waals surface area contributed by atoms with E-state index >= 15 is 0 Å². The molecule has 36 heavy (non-hydrogen) atoms. The lowest BCUT2D eigenvalue weighted by Crippen LogP contribution is -2.68. The monoisotopic (exact) mass is 520 g/mol. The van der Waals surface area contributed by atoms with E-state index in [2.05, 4.69) is 5.32 Å². The lowest BCUT2D eigenvalue weighted by molar-refractivity contribution is -0.216. The number of hydrogen-bond donors (Lipinski definition) is 1. The van der Waals surface area contributed by atoms with Crippen LogP contribution in [-0.2, 0) is 29.6 Å². The molecule has 0 aliphatic carbocycles. The molecule has 6 rings (SSSR count). The first-order valence-corrected chi connectivity index (χ1v) is 13.6. The van der Waals surface area contributed by atoms with Crippen molar-refractivity contribution in [1.29, 1.82) is 0 Å². The molecule has 4 aliphatic heterocycles. The second kappa shape index (κ2) is 7.70. The quantitative estimate of drug-likeness (QED) is 0.647. The molecule has 194 valence electrons. The number of hydrogen-bond acceptors (Lipinski definition) is 6. The molecule has 4 aliphatic rings. The van der Waals surface area contributed by atoms with E-state index in [1.165, 1.54) is 10.4 Å². The van der Waals surface area contributed by atoms with E-state index in [-0.39, 0.29) is 23.0 Å². The van der Waals surface area contributed by atoms with Crippen molar-refractivity contribution in [3.63, 3.8) is 0 Å². The van der Waals surface area contributed by atoms with Crippen LogP contribution in [0.5, 0.6) is 0 Å². The smallest absolute Gasteiger partial charge is 0.243 e. The van der Waals surface area contributed by atoms with Crippen LogP contribution in [0.15, 0.2) is 41.3 Å². The van der Waals surface area contributed by atoms with E-state index in [0.717, 1.165) is 11.6 Å². The molecule has 6 atom stereocenters. The van der Waals surface area contributed by atoms with Gasteiger partial charge in [-0.25, -0.2) is 17.2 Å². The highest BCUT2D eigenvalue weighted by Gasteiger charge is 2.65. The molecule has 0 spiro atoms. The van der Waals surface area contributed by atoms with E-state index in [0.29, 0.717) is 5.56 Å². The number of halogens is 2. The number of anilines is 1. The molecule has 0 bridgehead atoms. The van der Waals surface area contributed by atoms with Crippen LogP contribution in [0.3, 0.4) is 0 Å². The Labute approximate surface area is 209 Å². The molecule has 0 radical (unpaired) electrons. The average Bonchev–Trinajstić information content (AvgIpc) is 3.26. The third-order valence-corrected chi connectivity index (χ3v) is 10.0. The highest BCUT2D eigenvalue weighted by Crippen LogP contribution is 2.53. The third-order valence-electron chi connectivity index (χ3n) is 8.16. The molecular weight excluding hydrogens is 490 g/mol. The summed E-state index contributed by atoms with van der Waals surface area (Å²) in [4.78, 5) is 0.172. The molecular formula is C26H30F2N2O5S. The predicted octanol–water partition coefficient (Wildman–Crippen LogP) is 3.91. The van der Waals surface area contributed by atoms with Gasteiger partial charge in [0.15, 0.2) is 12.1 Å². The topological polar surface area (TPSA) is 77.1 Å². The number of benzene rings is 2. The summed E-state index contributed by atoms with van der Waals surface area (Å²) in [7, 11) is -3.96. The Morgan fingerprint density at radius 2 is 1.72 bits per heavy atom. The Morgan fingerprint density at radius 1 is 1.03 bits per heavy atom. The molecule has 4 heterocycles. The van der Waals surface area contributed by atoms with Crippen LogP contribution >= 0.6 is 0 Å². The zero-order chi connectivity index (χ0) is 25.8. The Balaban J connectivity index is 1.49. The minimum atomic E-state index is -3.96. The number of sulfonamides is 1. The van der Waals surface area contributed by atoms with E-state index in [4.69, 9.17) is 14.2 Å². The molecule has 0 unspecified atom stereocenters. The standard InChI is InChI=1S/C26H30F2N2O5S/c1-13-6-8-15(9-7-13)36(31,32)30-12-17-20(22-21(30)23-24(33-22)35-26(4,5)34-23)29-19-16(25(17,2)3)10-14(27)11-18(19)28/h6-11,17,20-24,29H,12H2,1-5H3/t17-,20+,21-,22-,23-,24-/m1/s1. The summed E-state index contributed by atoms with van der Waals surface area (Å²) in [6.07, 6.45) is -2.10. The largest absolute Gasteiger partial charge is 0.377 e. The lowest BCUT2D eigenvalue weighted by Gasteiger charge is -2.54. The Morgan fingerprint density at radius 3 is 2.42 bits per heavy atom. The van der Waals surface area contributed by atoms with Crippen molar-refractivity contribution in [2.45, 2.75) is 81.3 Å². The summed E-state index contributed by atoms with van der Waals surface area (Å²) >= 11 is 0. The van der Waals surface area contributed by atoms with Gasteiger partial charge in [0.25, 0.3) is 0 Å². The second-order valence-corrected chi connectivity index (χ2v) is 13.1. The fourth-order valence-corrected chi connectivity index (χ4v) is 8.03. The molecule has 7 nitrogen and oxygen atoms in total. The highest BCUT2D eigenvalue weighted by molar-refractivity contribution is 7.89. The average molecular weight is 521 g/mol. The molecule has 0 aromatic heterocycles. The molecule has 2 aromatic carbocycles. The van der Waals surface area contributed by atoms with Crippen molar-refractivity contribution in [2.24, 2.45) is 5.92 Å². The van der Waals surface area contributed by atoms with Crippen LogP contribution in [0.4, 0.5) is 14.5 Å². The Hall–Kier alpha value is -2.11. The number of aryl methyl sites for hydroxylation is 1. The van der Waals surface area contributed by atoms with Gasteiger partial charge in [-0.2, -0.15) is 4.31 Å². The molecule has 1 N–H and O–H groups in total. The SMILES string of the molecule is Cc1ccc(S(=O)(=O)N2C[C@@H]3[C@H](Nc4c(F)cc(F)cc4C3(C)C)[C@H]3O[C@@H]4OC(C)(C)O[C@@H]4[C@@H]32)cc1. The van der Waals surface area contributed by atoms with Crippen molar-refractivity contribution in [1.82, 2.24) is 4.31 Å². The van der Waals surface area contributed by atoms with Crippen molar-refractivity contribution < 1.29 is 31.4 Å². The predicted molar refractivity (Wildman–Crippen MR) is 128 cm³/mol. The van der Waals surface area contributed by atoms with Gasteiger partial charge in [0.1, 0.15) is 23.8 Å². The lowest BCUT2D eigenvalue weighted by atomic mass is 9.64.